The number of halogens is 6. The Morgan fingerprint density at radius 3 is 2.30 bits per heavy atom. The van der Waals surface area contributed by atoms with E-state index in [-0.39, 0.29) is 49.6 Å². The summed E-state index contributed by atoms with van der Waals surface area (Å²) >= 11 is 0. The van der Waals surface area contributed by atoms with Gasteiger partial charge in [-0.15, -0.1) is 0 Å². The number of carbonyl (C=O) groups excluding carboxylic acids is 1. The van der Waals surface area contributed by atoms with Crippen LogP contribution in [0.3, 0.4) is 0 Å². The van der Waals surface area contributed by atoms with Gasteiger partial charge in [0.05, 0.1) is 11.3 Å². The molecular weight excluding hydrogens is 450 g/mol. The molecule has 176 valence electrons. The summed E-state index contributed by atoms with van der Waals surface area (Å²) < 4.78 is 83.8. The number of alkyl halides is 4. The van der Waals surface area contributed by atoms with Crippen LogP contribution in [-0.2, 0) is 6.18 Å². The Labute approximate surface area is 185 Å². The van der Waals surface area contributed by atoms with Crippen LogP contribution >= 0.6 is 0 Å². The van der Waals surface area contributed by atoms with Crippen molar-refractivity contribution in [3.8, 4) is 11.1 Å². The Bertz CT molecular complexity index is 1110. The molecule has 1 atom stereocenters. The normalized spacial score (nSPS) is 28.3. The number of nitrogens with two attached hydrogens (primary N) is 1. The third-order valence-corrected chi connectivity index (χ3v) is 6.60. The van der Waals surface area contributed by atoms with E-state index in [4.69, 9.17) is 5.73 Å². The first kappa shape index (κ1) is 22.0. The molecule has 4 fully saturated rings. The molecule has 3 N–H and O–H groups in total. The zero-order valence-corrected chi connectivity index (χ0v) is 17.3. The van der Waals surface area contributed by atoms with Gasteiger partial charge in [0.1, 0.15) is 17.3 Å². The van der Waals surface area contributed by atoms with Crippen molar-refractivity contribution < 1.29 is 31.1 Å². The van der Waals surface area contributed by atoms with Crippen molar-refractivity contribution in [2.75, 3.05) is 18.0 Å². The minimum Gasteiger partial charge on any atom is -0.369 e. The van der Waals surface area contributed by atoms with Gasteiger partial charge in [0.2, 0.25) is 0 Å². The Morgan fingerprint density at radius 1 is 1.15 bits per heavy atom. The highest BCUT2D eigenvalue weighted by Crippen LogP contribution is 2.63. The first-order valence-corrected chi connectivity index (χ1v) is 10.5. The fourth-order valence-electron chi connectivity index (χ4n) is 5.28. The van der Waals surface area contributed by atoms with Gasteiger partial charge in [-0.2, -0.15) is 13.2 Å². The number of pyridine rings is 1. The summed E-state index contributed by atoms with van der Waals surface area (Å²) in [6.07, 6.45) is -3.26. The Kier molecular flexibility index (Phi) is 4.72. The molecule has 1 aliphatic heterocycles. The number of hydrogen-bond donors (Lipinski definition) is 2. The molecule has 1 saturated heterocycles. The summed E-state index contributed by atoms with van der Waals surface area (Å²) in [5, 5.41) is 2.73. The average Bonchev–Trinajstić information content (AvgIpc) is 3.09. The zero-order valence-electron chi connectivity index (χ0n) is 17.3. The highest BCUT2D eigenvalue weighted by atomic mass is 19.4. The van der Waals surface area contributed by atoms with Crippen LogP contribution < -0.4 is 16.0 Å². The van der Waals surface area contributed by atoms with Crippen LogP contribution in [-0.4, -0.2) is 41.2 Å². The van der Waals surface area contributed by atoms with Crippen molar-refractivity contribution >= 4 is 11.6 Å². The van der Waals surface area contributed by atoms with Crippen LogP contribution in [0.15, 0.2) is 24.4 Å². The van der Waals surface area contributed by atoms with E-state index in [1.807, 2.05) is 0 Å². The molecule has 5 nitrogen and oxygen atoms in total. The summed E-state index contributed by atoms with van der Waals surface area (Å²) in [7, 11) is 0. The fourth-order valence-corrected chi connectivity index (χ4v) is 5.28. The first-order chi connectivity index (χ1) is 15.4. The van der Waals surface area contributed by atoms with Gasteiger partial charge in [0, 0.05) is 61.8 Å². The lowest BCUT2D eigenvalue weighted by molar-refractivity contribution is -0.162. The second kappa shape index (κ2) is 7.09. The maximum atomic E-state index is 14.0. The second-order valence-corrected chi connectivity index (χ2v) is 9.31. The summed E-state index contributed by atoms with van der Waals surface area (Å²) in [5.74, 6) is -2.86. The van der Waals surface area contributed by atoms with Crippen LogP contribution in [0.25, 0.3) is 11.1 Å². The summed E-state index contributed by atoms with van der Waals surface area (Å²) in [5.41, 5.74) is 1.26. The van der Waals surface area contributed by atoms with Gasteiger partial charge >= 0.3 is 6.18 Å². The molecule has 2 heterocycles. The lowest BCUT2D eigenvalue weighted by Gasteiger charge is -2.65. The number of rotatable bonds is 4. The standard InChI is InChI=1S/C22H20F6N4O/c23-12-3-11(4-13(24)5-12)16-17(32-2-1-14(29)7-32)15(6-30-18(16)22(26,27)28)19(33)31-21-8-20(25,9-21)10-21/h3-6,14H,1-2,7-10,29H2,(H,31,33)/t14-,20?,21?/m0/s1. The number of amides is 1. The van der Waals surface area contributed by atoms with E-state index in [1.165, 1.54) is 4.90 Å². The Morgan fingerprint density at radius 2 is 1.79 bits per heavy atom. The molecule has 2 bridgehead atoms. The van der Waals surface area contributed by atoms with Crippen LogP contribution in [0.4, 0.5) is 32.0 Å². The van der Waals surface area contributed by atoms with Gasteiger partial charge in [0.25, 0.3) is 5.91 Å². The van der Waals surface area contributed by atoms with Crippen LogP contribution in [0, 0.1) is 11.6 Å². The minimum absolute atomic E-state index is 0.144. The Balaban J connectivity index is 1.68. The molecule has 1 amide bonds. The Hall–Kier alpha value is -2.82. The van der Waals surface area contributed by atoms with Gasteiger partial charge < -0.3 is 16.0 Å². The van der Waals surface area contributed by atoms with Crippen molar-refractivity contribution in [3.05, 3.63) is 47.3 Å². The molecule has 6 rings (SSSR count). The zero-order chi connectivity index (χ0) is 23.8. The molecule has 3 aliphatic carbocycles. The van der Waals surface area contributed by atoms with Crippen LogP contribution in [0.2, 0.25) is 0 Å². The van der Waals surface area contributed by atoms with Crippen molar-refractivity contribution in [1.82, 2.24) is 10.3 Å². The molecular formula is C22H20F6N4O. The van der Waals surface area contributed by atoms with Gasteiger partial charge in [0.15, 0.2) is 5.69 Å². The number of benzene rings is 1. The molecule has 0 unspecified atom stereocenters. The molecule has 33 heavy (non-hydrogen) atoms. The molecule has 4 aliphatic rings. The molecule has 1 aromatic heterocycles. The summed E-state index contributed by atoms with van der Waals surface area (Å²) in [6, 6.07) is 1.72. The van der Waals surface area contributed by atoms with E-state index in [0.717, 1.165) is 18.3 Å². The SMILES string of the molecule is N[C@H]1CCN(c2c(C(=O)NC34CC(F)(C3)C4)cnc(C(F)(F)F)c2-c2cc(F)cc(F)c2)C1. The van der Waals surface area contributed by atoms with E-state index in [0.29, 0.717) is 12.5 Å². The second-order valence-electron chi connectivity index (χ2n) is 9.31. The maximum absolute atomic E-state index is 14.0. The highest BCUT2D eigenvalue weighted by Gasteiger charge is 2.70. The molecule has 0 spiro atoms. The third kappa shape index (κ3) is 3.71. The molecule has 1 aromatic carbocycles. The quantitative estimate of drug-likeness (QED) is 0.664. The van der Waals surface area contributed by atoms with Crippen molar-refractivity contribution in [2.24, 2.45) is 5.73 Å². The van der Waals surface area contributed by atoms with Crippen LogP contribution in [0.5, 0.6) is 0 Å². The number of hydrogen-bond acceptors (Lipinski definition) is 4. The number of carbonyl (C=O) groups is 1. The predicted molar refractivity (Wildman–Crippen MR) is 107 cm³/mol. The van der Waals surface area contributed by atoms with E-state index in [1.54, 1.807) is 0 Å². The van der Waals surface area contributed by atoms with Gasteiger partial charge in [-0.05, 0) is 24.1 Å². The van der Waals surface area contributed by atoms with Crippen molar-refractivity contribution in [2.45, 2.75) is 49.1 Å². The van der Waals surface area contributed by atoms with E-state index >= 15 is 0 Å². The first-order valence-electron chi connectivity index (χ1n) is 10.5. The lowest BCUT2D eigenvalue weighted by atomic mass is 9.47. The maximum Gasteiger partial charge on any atom is 0.434 e. The van der Waals surface area contributed by atoms with Gasteiger partial charge in [-0.1, -0.05) is 0 Å². The molecule has 11 heteroatoms. The van der Waals surface area contributed by atoms with E-state index < -0.39 is 51.7 Å². The van der Waals surface area contributed by atoms with Crippen molar-refractivity contribution in [1.29, 1.82) is 0 Å². The molecule has 2 aromatic rings. The predicted octanol–water partition coefficient (Wildman–Crippen LogP) is 3.96. The van der Waals surface area contributed by atoms with E-state index in [2.05, 4.69) is 10.3 Å². The topological polar surface area (TPSA) is 71.2 Å². The number of anilines is 1. The average molecular weight is 470 g/mol. The lowest BCUT2D eigenvalue weighted by Crippen LogP contribution is -2.76. The summed E-state index contributed by atoms with van der Waals surface area (Å²) in [6.45, 7) is 0.386. The van der Waals surface area contributed by atoms with Gasteiger partial charge in [-0.3, -0.25) is 9.78 Å². The highest BCUT2D eigenvalue weighted by molar-refractivity contribution is 6.04. The number of nitrogens with zero attached hydrogens (tertiary/aromatic N) is 2. The van der Waals surface area contributed by atoms with Gasteiger partial charge in [-0.25, -0.2) is 13.2 Å². The smallest absolute Gasteiger partial charge is 0.369 e. The van der Waals surface area contributed by atoms with E-state index in [9.17, 15) is 31.1 Å². The molecule has 3 saturated carbocycles. The molecule has 0 radical (unpaired) electrons. The third-order valence-electron chi connectivity index (χ3n) is 6.60. The fraction of sp³-hybridized carbons (Fsp3) is 0.455. The number of nitrogens with one attached hydrogen (secondary N) is 1. The summed E-state index contributed by atoms with van der Waals surface area (Å²) in [4.78, 5) is 18.2. The largest absolute Gasteiger partial charge is 0.434 e. The minimum atomic E-state index is -4.96. The van der Waals surface area contributed by atoms with Crippen molar-refractivity contribution in [3.63, 3.8) is 0 Å². The van der Waals surface area contributed by atoms with Crippen LogP contribution in [0.1, 0.15) is 41.7 Å². The number of aromatic nitrogens is 1. The monoisotopic (exact) mass is 470 g/mol.